The molecule has 0 saturated heterocycles. The van der Waals surface area contributed by atoms with Gasteiger partial charge in [0.2, 0.25) is 5.96 Å². The molecule has 2 aromatic carbocycles. The van der Waals surface area contributed by atoms with Gasteiger partial charge < -0.3 is 21.9 Å². The Labute approximate surface area is 133 Å². The van der Waals surface area contributed by atoms with Crippen molar-refractivity contribution in [1.29, 1.82) is 0 Å². The van der Waals surface area contributed by atoms with Crippen LogP contribution in [0.3, 0.4) is 0 Å². The Balaban J connectivity index is 2.68. The molecule has 23 heavy (non-hydrogen) atoms. The van der Waals surface area contributed by atoms with Crippen molar-refractivity contribution in [3.8, 4) is 11.1 Å². The van der Waals surface area contributed by atoms with Gasteiger partial charge >= 0.3 is 5.97 Å². The summed E-state index contributed by atoms with van der Waals surface area (Å²) in [7, 11) is 1.32. The van der Waals surface area contributed by atoms with Crippen molar-refractivity contribution in [3.63, 3.8) is 0 Å². The van der Waals surface area contributed by atoms with E-state index >= 15 is 0 Å². The molecule has 0 fully saturated rings. The van der Waals surface area contributed by atoms with Crippen LogP contribution in [0.15, 0.2) is 58.5 Å². The molecular formula is C16H17N5O2. The molecular weight excluding hydrogens is 294 g/mol. The molecule has 0 amide bonds. The quantitative estimate of drug-likeness (QED) is 0.448. The highest BCUT2D eigenvalue weighted by Crippen LogP contribution is 2.34. The maximum Gasteiger partial charge on any atom is 0.338 e. The Hall–Kier alpha value is -3.35. The third-order valence-corrected chi connectivity index (χ3v) is 2.99. The number of aliphatic imine (C=N–C) groups is 2. The van der Waals surface area contributed by atoms with Crippen LogP contribution < -0.4 is 17.2 Å². The van der Waals surface area contributed by atoms with Crippen LogP contribution in [0.5, 0.6) is 0 Å². The summed E-state index contributed by atoms with van der Waals surface area (Å²) in [6.07, 6.45) is 0. The molecule has 2 aromatic rings. The largest absolute Gasteiger partial charge is 0.465 e. The average molecular weight is 311 g/mol. The fourth-order valence-corrected chi connectivity index (χ4v) is 2.10. The minimum atomic E-state index is -0.471. The van der Waals surface area contributed by atoms with E-state index in [0.717, 1.165) is 5.56 Å². The van der Waals surface area contributed by atoms with E-state index in [1.165, 1.54) is 7.11 Å². The third kappa shape index (κ3) is 3.85. The highest BCUT2D eigenvalue weighted by atomic mass is 16.5. The van der Waals surface area contributed by atoms with Gasteiger partial charge in [-0.05, 0) is 17.7 Å². The second-order valence-corrected chi connectivity index (χ2v) is 4.56. The van der Waals surface area contributed by atoms with Gasteiger partial charge in [-0.3, -0.25) is 0 Å². The van der Waals surface area contributed by atoms with Gasteiger partial charge in [0.15, 0.2) is 5.96 Å². The summed E-state index contributed by atoms with van der Waals surface area (Å²) in [4.78, 5) is 19.9. The van der Waals surface area contributed by atoms with Crippen molar-refractivity contribution in [2.45, 2.75) is 0 Å². The molecule has 0 unspecified atom stereocenters. The molecule has 0 saturated carbocycles. The first kappa shape index (κ1) is 16.0. The molecule has 0 bridgehead atoms. The second-order valence-electron chi connectivity index (χ2n) is 4.56. The summed E-state index contributed by atoms with van der Waals surface area (Å²) in [6, 6.07) is 14.4. The summed E-state index contributed by atoms with van der Waals surface area (Å²) in [5.74, 6) is -0.776. The van der Waals surface area contributed by atoms with Crippen molar-refractivity contribution < 1.29 is 9.53 Å². The molecule has 6 N–H and O–H groups in total. The lowest BCUT2D eigenvalue weighted by molar-refractivity contribution is 0.0601. The molecule has 0 aliphatic heterocycles. The molecule has 0 heterocycles. The number of nitrogens with zero attached hydrogens (tertiary/aromatic N) is 2. The molecule has 0 spiro atoms. The highest BCUT2D eigenvalue weighted by molar-refractivity contribution is 6.02. The third-order valence-electron chi connectivity index (χ3n) is 2.99. The topological polar surface area (TPSA) is 129 Å². The van der Waals surface area contributed by atoms with Crippen LogP contribution in [-0.4, -0.2) is 25.0 Å². The molecule has 2 rings (SSSR count). The Kier molecular flexibility index (Phi) is 4.93. The number of rotatable bonds is 3. The zero-order valence-electron chi connectivity index (χ0n) is 12.6. The summed E-state index contributed by atoms with van der Waals surface area (Å²) in [5, 5.41) is 0. The first-order valence-corrected chi connectivity index (χ1v) is 6.73. The first-order chi connectivity index (χ1) is 11.0. The van der Waals surface area contributed by atoms with E-state index < -0.39 is 5.97 Å². The van der Waals surface area contributed by atoms with Gasteiger partial charge in [-0.1, -0.05) is 36.4 Å². The number of benzene rings is 2. The van der Waals surface area contributed by atoms with E-state index in [4.69, 9.17) is 21.9 Å². The molecule has 0 atom stereocenters. The highest BCUT2D eigenvalue weighted by Gasteiger charge is 2.17. The van der Waals surface area contributed by atoms with Gasteiger partial charge in [0.05, 0.1) is 18.4 Å². The summed E-state index contributed by atoms with van der Waals surface area (Å²) in [5.41, 5.74) is 18.5. The lowest BCUT2D eigenvalue weighted by Crippen LogP contribution is -2.26. The van der Waals surface area contributed by atoms with E-state index in [1.807, 2.05) is 30.3 Å². The van der Waals surface area contributed by atoms with Crippen molar-refractivity contribution >= 4 is 23.6 Å². The van der Waals surface area contributed by atoms with E-state index in [9.17, 15) is 4.79 Å². The van der Waals surface area contributed by atoms with E-state index in [2.05, 4.69) is 9.98 Å². The van der Waals surface area contributed by atoms with Crippen LogP contribution >= 0.6 is 0 Å². The van der Waals surface area contributed by atoms with Crippen LogP contribution in [0.4, 0.5) is 5.69 Å². The number of methoxy groups -OCH3 is 1. The maximum atomic E-state index is 12.1. The fourth-order valence-electron chi connectivity index (χ4n) is 2.10. The molecule has 118 valence electrons. The Morgan fingerprint density at radius 2 is 1.70 bits per heavy atom. The summed E-state index contributed by atoms with van der Waals surface area (Å²) >= 11 is 0. The number of carbonyl (C=O) groups excluding carboxylic acids is 1. The second kappa shape index (κ2) is 7.08. The number of nitrogens with two attached hydrogens (primary N) is 3. The van der Waals surface area contributed by atoms with Crippen molar-refractivity contribution in [1.82, 2.24) is 0 Å². The monoisotopic (exact) mass is 311 g/mol. The zero-order chi connectivity index (χ0) is 16.8. The number of carbonyl (C=O) groups is 1. The van der Waals surface area contributed by atoms with Gasteiger partial charge in [-0.15, -0.1) is 0 Å². The van der Waals surface area contributed by atoms with Crippen LogP contribution in [-0.2, 0) is 4.74 Å². The lowest BCUT2D eigenvalue weighted by Gasteiger charge is -2.11. The predicted molar refractivity (Wildman–Crippen MR) is 90.3 cm³/mol. The molecule has 0 radical (unpaired) electrons. The number of hydrogen-bond acceptors (Lipinski definition) is 3. The molecule has 0 aliphatic rings. The fraction of sp³-hybridized carbons (Fsp3) is 0.0625. The average Bonchev–Trinajstić information content (AvgIpc) is 2.54. The van der Waals surface area contributed by atoms with Crippen molar-refractivity contribution in [2.75, 3.05) is 7.11 Å². The maximum absolute atomic E-state index is 12.1. The molecule has 7 nitrogen and oxygen atoms in total. The first-order valence-electron chi connectivity index (χ1n) is 6.73. The van der Waals surface area contributed by atoms with E-state index in [0.29, 0.717) is 16.8 Å². The minimum absolute atomic E-state index is 0.107. The number of ether oxygens (including phenoxy) is 1. The lowest BCUT2D eigenvalue weighted by atomic mass is 9.98. The standard InChI is InChI=1S/C16H17N5O2/c1-23-14(22)11-8-5-9-12(20-16(19)21-15(17)18)13(11)10-6-3-2-4-7-10/h2-9H,1H3,(H6,17,18,19,20,21). The van der Waals surface area contributed by atoms with E-state index in [-0.39, 0.29) is 11.9 Å². The number of esters is 1. The number of guanidine groups is 2. The smallest absolute Gasteiger partial charge is 0.338 e. The van der Waals surface area contributed by atoms with Gasteiger partial charge in [0.1, 0.15) is 0 Å². The SMILES string of the molecule is COC(=O)c1cccc(N=C(N)N=C(N)N)c1-c1ccccc1. The van der Waals surface area contributed by atoms with Crippen molar-refractivity contribution in [2.24, 2.45) is 27.2 Å². The zero-order valence-corrected chi connectivity index (χ0v) is 12.6. The summed E-state index contributed by atoms with van der Waals surface area (Å²) in [6.45, 7) is 0. The Morgan fingerprint density at radius 1 is 1.00 bits per heavy atom. The molecule has 0 aliphatic carbocycles. The van der Waals surface area contributed by atoms with Gasteiger partial charge in [0, 0.05) is 5.56 Å². The van der Waals surface area contributed by atoms with Crippen LogP contribution in [0.25, 0.3) is 11.1 Å². The molecule has 0 aromatic heterocycles. The normalized spacial score (nSPS) is 10.9. The van der Waals surface area contributed by atoms with Crippen LogP contribution in [0.2, 0.25) is 0 Å². The van der Waals surface area contributed by atoms with Crippen molar-refractivity contribution in [3.05, 3.63) is 54.1 Å². The Morgan fingerprint density at radius 3 is 2.30 bits per heavy atom. The van der Waals surface area contributed by atoms with Gasteiger partial charge in [-0.25, -0.2) is 9.79 Å². The predicted octanol–water partition coefficient (Wildman–Crippen LogP) is 1.36. The van der Waals surface area contributed by atoms with Crippen LogP contribution in [0, 0.1) is 0 Å². The number of hydrogen-bond donors (Lipinski definition) is 3. The van der Waals surface area contributed by atoms with Gasteiger partial charge in [0.25, 0.3) is 0 Å². The molecule has 7 heteroatoms. The van der Waals surface area contributed by atoms with Crippen LogP contribution in [0.1, 0.15) is 10.4 Å². The summed E-state index contributed by atoms with van der Waals surface area (Å²) < 4.78 is 4.84. The minimum Gasteiger partial charge on any atom is -0.465 e. The van der Waals surface area contributed by atoms with E-state index in [1.54, 1.807) is 18.2 Å². The Bertz CT molecular complexity index is 765. The van der Waals surface area contributed by atoms with Gasteiger partial charge in [-0.2, -0.15) is 4.99 Å².